The van der Waals surface area contributed by atoms with Crippen LogP contribution in [0.5, 0.6) is 0 Å². The van der Waals surface area contributed by atoms with Crippen molar-refractivity contribution in [3.8, 4) is 0 Å². The van der Waals surface area contributed by atoms with E-state index in [1.807, 2.05) is 25.1 Å². The molecule has 2 N–H and O–H groups in total. The fourth-order valence-corrected chi connectivity index (χ4v) is 2.62. The first-order valence-corrected chi connectivity index (χ1v) is 8.46. The van der Waals surface area contributed by atoms with Crippen molar-refractivity contribution in [2.45, 2.75) is 32.1 Å². The van der Waals surface area contributed by atoms with Gasteiger partial charge in [0.05, 0.1) is 11.9 Å². The average molecular weight is 316 g/mol. The zero-order chi connectivity index (χ0) is 16.5. The topological polar surface area (TPSA) is 57.3 Å². The summed E-state index contributed by atoms with van der Waals surface area (Å²) in [5, 5.41) is 6.24. The highest BCUT2D eigenvalue weighted by atomic mass is 16.1. The first kappa shape index (κ1) is 17.5. The van der Waals surface area contributed by atoms with Crippen LogP contribution in [0.25, 0.3) is 0 Å². The van der Waals surface area contributed by atoms with Crippen molar-refractivity contribution in [3.63, 3.8) is 0 Å². The number of nitrogens with one attached hydrogen (secondary N) is 2. The summed E-state index contributed by atoms with van der Waals surface area (Å²) >= 11 is 0. The van der Waals surface area contributed by atoms with Crippen molar-refractivity contribution in [2.24, 2.45) is 0 Å². The molecule has 1 amide bonds. The second-order valence-corrected chi connectivity index (χ2v) is 6.28. The maximum Gasteiger partial charge on any atom is 0.269 e. The Bertz CT molecular complexity index is 522. The number of pyridine rings is 1. The Kier molecular flexibility index (Phi) is 7.07. The predicted molar refractivity (Wildman–Crippen MR) is 94.8 cm³/mol. The molecule has 1 aliphatic carbocycles. The second kappa shape index (κ2) is 9.30. The van der Waals surface area contributed by atoms with E-state index in [4.69, 9.17) is 0 Å². The molecule has 0 atom stereocenters. The van der Waals surface area contributed by atoms with Crippen LogP contribution in [0.15, 0.2) is 30.0 Å². The van der Waals surface area contributed by atoms with Crippen LogP contribution in [0.3, 0.4) is 0 Å². The summed E-state index contributed by atoms with van der Waals surface area (Å²) < 4.78 is 0. The molecule has 1 aromatic heterocycles. The molecule has 1 heterocycles. The molecule has 1 aliphatic rings. The van der Waals surface area contributed by atoms with E-state index in [0.717, 1.165) is 25.2 Å². The van der Waals surface area contributed by atoms with Crippen molar-refractivity contribution in [2.75, 3.05) is 39.0 Å². The smallest absolute Gasteiger partial charge is 0.269 e. The van der Waals surface area contributed by atoms with Gasteiger partial charge in [0, 0.05) is 19.6 Å². The SMILES string of the molecule is CN(C)CCNC(=O)c1ccc(NCCC2=CCCCC2)cn1. The summed E-state index contributed by atoms with van der Waals surface area (Å²) in [6.45, 7) is 2.37. The van der Waals surface area contributed by atoms with Crippen LogP contribution in [-0.2, 0) is 0 Å². The number of nitrogens with zero attached hydrogens (tertiary/aromatic N) is 2. The largest absolute Gasteiger partial charge is 0.383 e. The van der Waals surface area contributed by atoms with Crippen LogP contribution in [-0.4, -0.2) is 49.5 Å². The maximum absolute atomic E-state index is 11.9. The molecule has 5 nitrogen and oxygen atoms in total. The Morgan fingerprint density at radius 2 is 2.13 bits per heavy atom. The fraction of sp³-hybridized carbons (Fsp3) is 0.556. The molecule has 126 valence electrons. The summed E-state index contributed by atoms with van der Waals surface area (Å²) in [5.41, 5.74) is 2.99. The number of carbonyl (C=O) groups excluding carboxylic acids is 1. The van der Waals surface area contributed by atoms with Gasteiger partial charge in [-0.05, 0) is 58.3 Å². The molecule has 0 aromatic carbocycles. The van der Waals surface area contributed by atoms with Crippen LogP contribution >= 0.6 is 0 Å². The number of allylic oxidation sites excluding steroid dienone is 1. The summed E-state index contributed by atoms with van der Waals surface area (Å²) in [4.78, 5) is 18.2. The molecule has 2 rings (SSSR count). The van der Waals surface area contributed by atoms with Gasteiger partial charge in [0.15, 0.2) is 0 Å². The lowest BCUT2D eigenvalue weighted by Gasteiger charge is -2.13. The van der Waals surface area contributed by atoms with E-state index in [0.29, 0.717) is 12.2 Å². The van der Waals surface area contributed by atoms with Crippen molar-refractivity contribution in [1.29, 1.82) is 0 Å². The molecule has 0 bridgehead atoms. The van der Waals surface area contributed by atoms with Crippen molar-refractivity contribution in [1.82, 2.24) is 15.2 Å². The number of likely N-dealkylation sites (N-methyl/N-ethyl adjacent to an activating group) is 1. The van der Waals surface area contributed by atoms with Gasteiger partial charge in [-0.3, -0.25) is 4.79 Å². The van der Waals surface area contributed by atoms with Crippen molar-refractivity contribution >= 4 is 11.6 Å². The van der Waals surface area contributed by atoms with E-state index >= 15 is 0 Å². The number of carbonyl (C=O) groups is 1. The van der Waals surface area contributed by atoms with Gasteiger partial charge < -0.3 is 15.5 Å². The van der Waals surface area contributed by atoms with Crippen LogP contribution in [0.2, 0.25) is 0 Å². The standard InChI is InChI=1S/C18H28N4O/c1-22(2)13-12-20-18(23)17-9-8-16(14-21-17)19-11-10-15-6-4-3-5-7-15/h6,8-9,14,19H,3-5,7,10-13H2,1-2H3,(H,20,23). The number of hydrogen-bond donors (Lipinski definition) is 2. The Hall–Kier alpha value is -1.88. The third-order valence-electron chi connectivity index (χ3n) is 4.00. The van der Waals surface area contributed by atoms with E-state index in [-0.39, 0.29) is 5.91 Å². The lowest BCUT2D eigenvalue weighted by molar-refractivity contribution is 0.0946. The summed E-state index contributed by atoms with van der Waals surface area (Å²) in [7, 11) is 3.96. The van der Waals surface area contributed by atoms with Gasteiger partial charge in [0.2, 0.25) is 0 Å². The van der Waals surface area contributed by atoms with Gasteiger partial charge in [-0.2, -0.15) is 0 Å². The normalized spacial score (nSPS) is 14.5. The molecule has 0 fully saturated rings. The van der Waals surface area contributed by atoms with Gasteiger partial charge in [0.25, 0.3) is 5.91 Å². The predicted octanol–water partition coefficient (Wildman–Crippen LogP) is 2.68. The Balaban J connectivity index is 1.73. The molecule has 0 saturated carbocycles. The minimum absolute atomic E-state index is 0.120. The summed E-state index contributed by atoms with van der Waals surface area (Å²) in [6, 6.07) is 3.69. The van der Waals surface area contributed by atoms with Gasteiger partial charge >= 0.3 is 0 Å². The van der Waals surface area contributed by atoms with Crippen LogP contribution in [0.4, 0.5) is 5.69 Å². The molecular weight excluding hydrogens is 288 g/mol. The fourth-order valence-electron chi connectivity index (χ4n) is 2.62. The van der Waals surface area contributed by atoms with Gasteiger partial charge in [-0.25, -0.2) is 4.98 Å². The lowest BCUT2D eigenvalue weighted by Crippen LogP contribution is -2.31. The minimum atomic E-state index is -0.120. The Labute approximate surface area is 139 Å². The molecular formula is C18H28N4O. The first-order chi connectivity index (χ1) is 11.1. The zero-order valence-electron chi connectivity index (χ0n) is 14.3. The van der Waals surface area contributed by atoms with E-state index in [9.17, 15) is 4.79 Å². The third-order valence-corrected chi connectivity index (χ3v) is 4.00. The second-order valence-electron chi connectivity index (χ2n) is 6.28. The van der Waals surface area contributed by atoms with Crippen molar-refractivity contribution < 1.29 is 4.79 Å². The highest BCUT2D eigenvalue weighted by Gasteiger charge is 2.07. The quantitative estimate of drug-likeness (QED) is 0.724. The van der Waals surface area contributed by atoms with Crippen LogP contribution in [0.1, 0.15) is 42.6 Å². The zero-order valence-corrected chi connectivity index (χ0v) is 14.3. The molecule has 0 saturated heterocycles. The molecule has 0 spiro atoms. The molecule has 5 heteroatoms. The monoisotopic (exact) mass is 316 g/mol. The summed E-state index contributed by atoms with van der Waals surface area (Å²) in [5.74, 6) is -0.120. The van der Waals surface area contributed by atoms with Crippen LogP contribution in [0, 0.1) is 0 Å². The number of amides is 1. The van der Waals surface area contributed by atoms with E-state index in [2.05, 4.69) is 21.7 Å². The van der Waals surface area contributed by atoms with E-state index in [1.54, 1.807) is 17.8 Å². The highest BCUT2D eigenvalue weighted by molar-refractivity contribution is 5.92. The molecule has 0 aliphatic heterocycles. The highest BCUT2D eigenvalue weighted by Crippen LogP contribution is 2.20. The average Bonchev–Trinajstić information content (AvgIpc) is 2.56. The first-order valence-electron chi connectivity index (χ1n) is 8.46. The van der Waals surface area contributed by atoms with E-state index < -0.39 is 0 Å². The van der Waals surface area contributed by atoms with Gasteiger partial charge in [0.1, 0.15) is 5.69 Å². The Morgan fingerprint density at radius 3 is 2.78 bits per heavy atom. The minimum Gasteiger partial charge on any atom is -0.383 e. The molecule has 0 unspecified atom stereocenters. The molecule has 23 heavy (non-hydrogen) atoms. The van der Waals surface area contributed by atoms with E-state index in [1.165, 1.54) is 25.7 Å². The van der Waals surface area contributed by atoms with Gasteiger partial charge in [-0.15, -0.1) is 0 Å². The molecule has 0 radical (unpaired) electrons. The number of hydrogen-bond acceptors (Lipinski definition) is 4. The summed E-state index contributed by atoms with van der Waals surface area (Å²) in [6.07, 6.45) is 10.3. The lowest BCUT2D eigenvalue weighted by atomic mass is 9.97. The number of rotatable bonds is 8. The maximum atomic E-state index is 11.9. The van der Waals surface area contributed by atoms with Crippen molar-refractivity contribution in [3.05, 3.63) is 35.7 Å². The van der Waals surface area contributed by atoms with Gasteiger partial charge in [-0.1, -0.05) is 11.6 Å². The number of aromatic nitrogens is 1. The number of anilines is 1. The molecule has 1 aromatic rings. The third kappa shape index (κ3) is 6.40. The Morgan fingerprint density at radius 1 is 1.26 bits per heavy atom. The van der Waals surface area contributed by atoms with Crippen LogP contribution < -0.4 is 10.6 Å².